The maximum absolute atomic E-state index is 5.61. The molecule has 1 aliphatic carbocycles. The van der Waals surface area contributed by atoms with Crippen LogP contribution in [0.25, 0.3) is 0 Å². The highest BCUT2D eigenvalue weighted by atomic mass is 16.5. The Morgan fingerprint density at radius 1 is 1.67 bits per heavy atom. The highest BCUT2D eigenvalue weighted by molar-refractivity contribution is 5.12. The summed E-state index contributed by atoms with van der Waals surface area (Å²) in [6, 6.07) is -0.0451. The SMILES string of the molecule is COC1(C(NN)c2cnnn2C)CCC1. The molecule has 3 N–H and O–H groups in total. The molecule has 1 atom stereocenters. The Bertz CT molecular complexity index is 327. The van der Waals surface area contributed by atoms with Crippen LogP contribution in [0.3, 0.4) is 0 Å². The van der Waals surface area contributed by atoms with E-state index in [1.165, 1.54) is 6.42 Å². The molecule has 0 bridgehead atoms. The Hall–Kier alpha value is -0.980. The molecule has 15 heavy (non-hydrogen) atoms. The fraction of sp³-hybridized carbons (Fsp3) is 0.778. The Labute approximate surface area is 88.7 Å². The van der Waals surface area contributed by atoms with Crippen molar-refractivity contribution in [1.29, 1.82) is 0 Å². The van der Waals surface area contributed by atoms with Gasteiger partial charge in [-0.3, -0.25) is 10.5 Å². The summed E-state index contributed by atoms with van der Waals surface area (Å²) in [4.78, 5) is 0. The first kappa shape index (κ1) is 10.5. The van der Waals surface area contributed by atoms with Crippen molar-refractivity contribution in [1.82, 2.24) is 20.4 Å². The molecule has 1 aliphatic rings. The van der Waals surface area contributed by atoms with Gasteiger partial charge in [0.15, 0.2) is 0 Å². The Morgan fingerprint density at radius 3 is 2.73 bits per heavy atom. The number of nitrogens with two attached hydrogens (primary N) is 1. The minimum Gasteiger partial charge on any atom is -0.376 e. The number of ether oxygens (including phenoxy) is 1. The van der Waals surface area contributed by atoms with Gasteiger partial charge in [-0.1, -0.05) is 5.21 Å². The fourth-order valence-corrected chi connectivity index (χ4v) is 2.20. The van der Waals surface area contributed by atoms with Crippen molar-refractivity contribution in [2.24, 2.45) is 12.9 Å². The Kier molecular flexibility index (Phi) is 2.72. The van der Waals surface area contributed by atoms with Crippen molar-refractivity contribution < 1.29 is 4.74 Å². The van der Waals surface area contributed by atoms with Crippen molar-refractivity contribution in [3.05, 3.63) is 11.9 Å². The van der Waals surface area contributed by atoms with E-state index in [0.29, 0.717) is 0 Å². The molecule has 1 saturated carbocycles. The van der Waals surface area contributed by atoms with E-state index < -0.39 is 0 Å². The monoisotopic (exact) mass is 211 g/mol. The van der Waals surface area contributed by atoms with Gasteiger partial charge in [0.05, 0.1) is 23.5 Å². The average molecular weight is 211 g/mol. The van der Waals surface area contributed by atoms with Crippen LogP contribution in [0.1, 0.15) is 31.0 Å². The first-order valence-electron chi connectivity index (χ1n) is 5.09. The summed E-state index contributed by atoms with van der Waals surface area (Å²) < 4.78 is 7.32. The number of rotatable bonds is 4. The predicted octanol–water partition coefficient (Wildman–Crippen LogP) is -0.111. The van der Waals surface area contributed by atoms with Crippen LogP contribution in [0.2, 0.25) is 0 Å². The third-order valence-corrected chi connectivity index (χ3v) is 3.34. The third-order valence-electron chi connectivity index (χ3n) is 3.34. The second-order valence-electron chi connectivity index (χ2n) is 4.00. The lowest BCUT2D eigenvalue weighted by atomic mass is 9.73. The van der Waals surface area contributed by atoms with Crippen molar-refractivity contribution in [3.63, 3.8) is 0 Å². The van der Waals surface area contributed by atoms with Gasteiger partial charge in [0, 0.05) is 14.2 Å². The molecule has 1 unspecified atom stereocenters. The van der Waals surface area contributed by atoms with Crippen LogP contribution in [0.4, 0.5) is 0 Å². The van der Waals surface area contributed by atoms with Gasteiger partial charge in [-0.2, -0.15) is 0 Å². The molecule has 1 heterocycles. The minimum atomic E-state index is -0.190. The van der Waals surface area contributed by atoms with Crippen LogP contribution < -0.4 is 11.3 Å². The average Bonchev–Trinajstić information content (AvgIpc) is 2.58. The molecular weight excluding hydrogens is 194 g/mol. The van der Waals surface area contributed by atoms with Crippen molar-refractivity contribution in [2.45, 2.75) is 30.9 Å². The standard InChI is InChI=1S/C9H17N5O/c1-14-7(6-11-13-14)8(12-10)9(15-2)4-3-5-9/h6,8,12H,3-5,10H2,1-2H3. The lowest BCUT2D eigenvalue weighted by molar-refractivity contribution is -0.101. The molecule has 0 radical (unpaired) electrons. The summed E-state index contributed by atoms with van der Waals surface area (Å²) in [5.74, 6) is 5.61. The number of hydrazine groups is 1. The maximum Gasteiger partial charge on any atom is 0.0934 e. The van der Waals surface area contributed by atoms with Crippen molar-refractivity contribution in [3.8, 4) is 0 Å². The molecule has 1 aromatic rings. The zero-order valence-corrected chi connectivity index (χ0v) is 9.10. The second kappa shape index (κ2) is 3.88. The lowest BCUT2D eigenvalue weighted by Crippen LogP contribution is -2.53. The molecule has 84 valence electrons. The summed E-state index contributed by atoms with van der Waals surface area (Å²) in [7, 11) is 3.59. The molecule has 6 nitrogen and oxygen atoms in total. The van der Waals surface area contributed by atoms with E-state index in [2.05, 4.69) is 15.7 Å². The van der Waals surface area contributed by atoms with E-state index in [0.717, 1.165) is 18.5 Å². The van der Waals surface area contributed by atoms with Gasteiger partial charge in [0.25, 0.3) is 0 Å². The smallest absolute Gasteiger partial charge is 0.0934 e. The van der Waals surface area contributed by atoms with Gasteiger partial charge in [-0.05, 0) is 19.3 Å². The molecule has 0 aromatic carbocycles. The molecule has 1 aromatic heterocycles. The maximum atomic E-state index is 5.61. The predicted molar refractivity (Wildman–Crippen MR) is 54.7 cm³/mol. The van der Waals surface area contributed by atoms with E-state index in [1.807, 2.05) is 7.05 Å². The van der Waals surface area contributed by atoms with Gasteiger partial charge in [0.1, 0.15) is 0 Å². The Morgan fingerprint density at radius 2 is 2.40 bits per heavy atom. The van der Waals surface area contributed by atoms with E-state index in [9.17, 15) is 0 Å². The van der Waals surface area contributed by atoms with Crippen LogP contribution in [-0.2, 0) is 11.8 Å². The largest absolute Gasteiger partial charge is 0.376 e. The summed E-state index contributed by atoms with van der Waals surface area (Å²) >= 11 is 0. The zero-order chi connectivity index (χ0) is 10.9. The number of aromatic nitrogens is 3. The topological polar surface area (TPSA) is 78.0 Å². The lowest BCUT2D eigenvalue weighted by Gasteiger charge is -2.45. The number of nitrogens with one attached hydrogen (secondary N) is 1. The van der Waals surface area contributed by atoms with E-state index in [-0.39, 0.29) is 11.6 Å². The number of hydrogen-bond acceptors (Lipinski definition) is 5. The quantitative estimate of drug-likeness (QED) is 0.536. The second-order valence-corrected chi connectivity index (χ2v) is 4.00. The number of nitrogens with zero attached hydrogens (tertiary/aromatic N) is 3. The number of aryl methyl sites for hydroxylation is 1. The summed E-state index contributed by atoms with van der Waals surface area (Å²) in [5.41, 5.74) is 3.58. The van der Waals surface area contributed by atoms with E-state index in [1.54, 1.807) is 18.0 Å². The van der Waals surface area contributed by atoms with Crippen LogP contribution in [0.5, 0.6) is 0 Å². The van der Waals surface area contributed by atoms with Gasteiger partial charge in [0.2, 0.25) is 0 Å². The molecule has 6 heteroatoms. The highest BCUT2D eigenvalue weighted by Crippen LogP contribution is 2.44. The summed E-state index contributed by atoms with van der Waals surface area (Å²) in [5, 5.41) is 7.77. The van der Waals surface area contributed by atoms with Gasteiger partial charge in [-0.25, -0.2) is 5.43 Å². The van der Waals surface area contributed by atoms with E-state index >= 15 is 0 Å². The fourth-order valence-electron chi connectivity index (χ4n) is 2.20. The normalized spacial score (nSPS) is 21.0. The number of methoxy groups -OCH3 is 1. The molecule has 0 aliphatic heterocycles. The van der Waals surface area contributed by atoms with E-state index in [4.69, 9.17) is 10.6 Å². The zero-order valence-electron chi connectivity index (χ0n) is 9.10. The summed E-state index contributed by atoms with van der Waals surface area (Å²) in [6.07, 6.45) is 4.94. The van der Waals surface area contributed by atoms with Crippen LogP contribution in [-0.4, -0.2) is 27.7 Å². The molecular formula is C9H17N5O. The van der Waals surface area contributed by atoms with Crippen LogP contribution in [0, 0.1) is 0 Å². The van der Waals surface area contributed by atoms with Crippen LogP contribution >= 0.6 is 0 Å². The summed E-state index contributed by atoms with van der Waals surface area (Å²) in [6.45, 7) is 0. The molecule has 0 amide bonds. The van der Waals surface area contributed by atoms with Gasteiger partial charge in [-0.15, -0.1) is 5.10 Å². The minimum absolute atomic E-state index is 0.0451. The van der Waals surface area contributed by atoms with Crippen molar-refractivity contribution >= 4 is 0 Å². The third kappa shape index (κ3) is 1.54. The van der Waals surface area contributed by atoms with Gasteiger partial charge < -0.3 is 4.74 Å². The molecule has 2 rings (SSSR count). The first-order valence-corrected chi connectivity index (χ1v) is 5.09. The highest BCUT2D eigenvalue weighted by Gasteiger charge is 2.46. The molecule has 0 saturated heterocycles. The molecule has 1 fully saturated rings. The Balaban J connectivity index is 2.27. The van der Waals surface area contributed by atoms with Crippen molar-refractivity contribution in [2.75, 3.05) is 7.11 Å². The molecule has 0 spiro atoms. The number of hydrogen-bond donors (Lipinski definition) is 2. The van der Waals surface area contributed by atoms with Gasteiger partial charge >= 0.3 is 0 Å². The first-order chi connectivity index (χ1) is 7.23. The van der Waals surface area contributed by atoms with Crippen LogP contribution in [0.15, 0.2) is 6.20 Å².